The Bertz CT molecular complexity index is 548. The van der Waals surface area contributed by atoms with Crippen molar-refractivity contribution in [2.45, 2.75) is 6.54 Å². The molecule has 1 heterocycles. The van der Waals surface area contributed by atoms with Crippen molar-refractivity contribution in [1.29, 1.82) is 0 Å². The summed E-state index contributed by atoms with van der Waals surface area (Å²) in [5, 5.41) is 3.26. The van der Waals surface area contributed by atoms with Crippen molar-refractivity contribution in [3.8, 4) is 11.5 Å². The summed E-state index contributed by atoms with van der Waals surface area (Å²) in [5.74, 6) is 0.673. The summed E-state index contributed by atoms with van der Waals surface area (Å²) in [4.78, 5) is 4.03. The zero-order valence-electron chi connectivity index (χ0n) is 9.78. The van der Waals surface area contributed by atoms with E-state index in [0.29, 0.717) is 18.0 Å². The first-order valence-corrected chi connectivity index (χ1v) is 5.79. The third kappa shape index (κ3) is 2.97. The molecule has 2 aromatic rings. The van der Waals surface area contributed by atoms with Crippen molar-refractivity contribution in [2.75, 3.05) is 7.05 Å². The van der Waals surface area contributed by atoms with E-state index in [9.17, 15) is 4.39 Å². The van der Waals surface area contributed by atoms with Crippen LogP contribution in [-0.2, 0) is 6.54 Å². The van der Waals surface area contributed by atoms with Crippen LogP contribution in [0, 0.1) is 5.82 Å². The second-order valence-corrected chi connectivity index (χ2v) is 4.10. The minimum atomic E-state index is -0.391. The monoisotopic (exact) mass is 266 g/mol. The minimum Gasteiger partial charge on any atom is -0.455 e. The highest BCUT2D eigenvalue weighted by Gasteiger charge is 2.08. The molecule has 1 aromatic carbocycles. The Morgan fingerprint density at radius 2 is 2.17 bits per heavy atom. The van der Waals surface area contributed by atoms with Gasteiger partial charge in [0.15, 0.2) is 0 Å². The fourth-order valence-corrected chi connectivity index (χ4v) is 1.72. The van der Waals surface area contributed by atoms with Crippen LogP contribution in [0.2, 0.25) is 5.02 Å². The number of benzene rings is 1. The zero-order chi connectivity index (χ0) is 13.0. The topological polar surface area (TPSA) is 34.2 Å². The summed E-state index contributed by atoms with van der Waals surface area (Å²) in [6, 6.07) is 5.77. The highest BCUT2D eigenvalue weighted by Crippen LogP contribution is 2.31. The molecule has 0 aliphatic heterocycles. The number of rotatable bonds is 4. The predicted octanol–water partition coefficient (Wildman–Crippen LogP) is 3.39. The van der Waals surface area contributed by atoms with E-state index in [2.05, 4.69) is 10.3 Å². The maximum atomic E-state index is 12.9. The second-order valence-electron chi connectivity index (χ2n) is 3.69. The quantitative estimate of drug-likeness (QED) is 0.921. The molecule has 5 heteroatoms. The minimum absolute atomic E-state index is 0.238. The maximum absolute atomic E-state index is 12.9. The standard InChI is InChI=1S/C13H12ClFN2O/c1-16-7-9-8-17-5-4-12(9)18-13-3-2-10(15)6-11(13)14/h2-6,8,16H,7H2,1H3. The van der Waals surface area contributed by atoms with Crippen LogP contribution in [0.4, 0.5) is 4.39 Å². The summed E-state index contributed by atoms with van der Waals surface area (Å²) in [5.41, 5.74) is 0.903. The lowest BCUT2D eigenvalue weighted by molar-refractivity contribution is 0.471. The number of nitrogens with one attached hydrogen (secondary N) is 1. The summed E-state index contributed by atoms with van der Waals surface area (Å²) < 4.78 is 18.6. The number of hydrogen-bond acceptors (Lipinski definition) is 3. The van der Waals surface area contributed by atoms with E-state index in [-0.39, 0.29) is 5.02 Å². The predicted molar refractivity (Wildman–Crippen MR) is 68.5 cm³/mol. The molecule has 2 rings (SSSR count). The molecule has 0 unspecified atom stereocenters. The third-order valence-electron chi connectivity index (χ3n) is 2.34. The fraction of sp³-hybridized carbons (Fsp3) is 0.154. The molecule has 0 saturated heterocycles. The number of nitrogens with zero attached hydrogens (tertiary/aromatic N) is 1. The van der Waals surface area contributed by atoms with Gasteiger partial charge in [-0.15, -0.1) is 0 Å². The SMILES string of the molecule is CNCc1cnccc1Oc1ccc(F)cc1Cl. The van der Waals surface area contributed by atoms with Crippen LogP contribution in [0.1, 0.15) is 5.56 Å². The van der Waals surface area contributed by atoms with E-state index in [1.165, 1.54) is 18.2 Å². The van der Waals surface area contributed by atoms with Gasteiger partial charge in [-0.25, -0.2) is 4.39 Å². The van der Waals surface area contributed by atoms with Gasteiger partial charge in [-0.3, -0.25) is 4.98 Å². The smallest absolute Gasteiger partial charge is 0.146 e. The average Bonchev–Trinajstić information content (AvgIpc) is 2.35. The molecule has 0 amide bonds. The van der Waals surface area contributed by atoms with Crippen LogP contribution < -0.4 is 10.1 Å². The molecule has 94 valence electrons. The largest absolute Gasteiger partial charge is 0.455 e. The van der Waals surface area contributed by atoms with Crippen molar-refractivity contribution in [3.63, 3.8) is 0 Å². The third-order valence-corrected chi connectivity index (χ3v) is 2.64. The number of ether oxygens (including phenoxy) is 1. The molecule has 1 N–H and O–H groups in total. The Morgan fingerprint density at radius 1 is 1.33 bits per heavy atom. The molecule has 18 heavy (non-hydrogen) atoms. The first-order valence-electron chi connectivity index (χ1n) is 5.41. The highest BCUT2D eigenvalue weighted by atomic mass is 35.5. The number of pyridine rings is 1. The van der Waals surface area contributed by atoms with E-state index in [4.69, 9.17) is 16.3 Å². The van der Waals surface area contributed by atoms with Crippen LogP contribution in [0.15, 0.2) is 36.7 Å². The van der Waals surface area contributed by atoms with Gasteiger partial charge >= 0.3 is 0 Å². The van der Waals surface area contributed by atoms with E-state index in [1.54, 1.807) is 18.5 Å². The van der Waals surface area contributed by atoms with Crippen molar-refractivity contribution in [1.82, 2.24) is 10.3 Å². The molecule has 0 saturated carbocycles. The van der Waals surface area contributed by atoms with Gasteiger partial charge in [0, 0.05) is 24.5 Å². The van der Waals surface area contributed by atoms with E-state index in [1.807, 2.05) is 7.05 Å². The van der Waals surface area contributed by atoms with Gasteiger partial charge in [-0.2, -0.15) is 0 Å². The average molecular weight is 267 g/mol. The van der Waals surface area contributed by atoms with Gasteiger partial charge in [0.25, 0.3) is 0 Å². The summed E-state index contributed by atoms with van der Waals surface area (Å²) in [6.07, 6.45) is 3.34. The lowest BCUT2D eigenvalue weighted by Gasteiger charge is -2.11. The van der Waals surface area contributed by atoms with E-state index in [0.717, 1.165) is 5.56 Å². The molecule has 0 aliphatic rings. The molecule has 0 bridgehead atoms. The first-order chi connectivity index (χ1) is 8.70. The Morgan fingerprint density at radius 3 is 2.89 bits per heavy atom. The van der Waals surface area contributed by atoms with Crippen LogP contribution >= 0.6 is 11.6 Å². The van der Waals surface area contributed by atoms with Crippen LogP contribution in [0.25, 0.3) is 0 Å². The van der Waals surface area contributed by atoms with Crippen LogP contribution in [0.3, 0.4) is 0 Å². The molecule has 0 spiro atoms. The van der Waals surface area contributed by atoms with Crippen LogP contribution in [0.5, 0.6) is 11.5 Å². The lowest BCUT2D eigenvalue weighted by atomic mass is 10.2. The molecular formula is C13H12ClFN2O. The maximum Gasteiger partial charge on any atom is 0.146 e. The normalized spacial score (nSPS) is 10.4. The molecule has 0 radical (unpaired) electrons. The van der Waals surface area contributed by atoms with Gasteiger partial charge in [0.05, 0.1) is 5.02 Å². The Labute approximate surface area is 110 Å². The molecule has 0 fully saturated rings. The summed E-state index contributed by atoms with van der Waals surface area (Å²) in [6.45, 7) is 0.627. The second kappa shape index (κ2) is 5.80. The molecule has 3 nitrogen and oxygen atoms in total. The van der Waals surface area contributed by atoms with Crippen LogP contribution in [-0.4, -0.2) is 12.0 Å². The van der Waals surface area contributed by atoms with Gasteiger partial charge < -0.3 is 10.1 Å². The summed E-state index contributed by atoms with van der Waals surface area (Å²) >= 11 is 5.91. The molecule has 0 aliphatic carbocycles. The zero-order valence-corrected chi connectivity index (χ0v) is 10.5. The number of halogens is 2. The van der Waals surface area contributed by atoms with Crippen molar-refractivity contribution >= 4 is 11.6 Å². The van der Waals surface area contributed by atoms with E-state index >= 15 is 0 Å². The highest BCUT2D eigenvalue weighted by molar-refractivity contribution is 6.32. The number of hydrogen-bond donors (Lipinski definition) is 1. The van der Waals surface area contributed by atoms with Gasteiger partial charge in [-0.1, -0.05) is 11.6 Å². The Hall–Kier alpha value is -1.65. The first kappa shape index (κ1) is 12.8. The Kier molecular flexibility index (Phi) is 4.12. The Balaban J connectivity index is 2.28. The number of aromatic nitrogens is 1. The lowest BCUT2D eigenvalue weighted by Crippen LogP contribution is -2.06. The molecule has 1 aromatic heterocycles. The van der Waals surface area contributed by atoms with Gasteiger partial charge in [0.1, 0.15) is 17.3 Å². The van der Waals surface area contributed by atoms with Gasteiger partial charge in [0.2, 0.25) is 0 Å². The van der Waals surface area contributed by atoms with Gasteiger partial charge in [-0.05, 0) is 31.3 Å². The van der Waals surface area contributed by atoms with Crippen molar-refractivity contribution < 1.29 is 9.13 Å². The molecular weight excluding hydrogens is 255 g/mol. The van der Waals surface area contributed by atoms with Crippen molar-refractivity contribution in [3.05, 3.63) is 53.1 Å². The van der Waals surface area contributed by atoms with Crippen molar-refractivity contribution in [2.24, 2.45) is 0 Å². The fourth-order valence-electron chi connectivity index (χ4n) is 1.51. The summed E-state index contributed by atoms with van der Waals surface area (Å²) in [7, 11) is 1.83. The van der Waals surface area contributed by atoms with E-state index < -0.39 is 5.82 Å². The molecule has 0 atom stereocenters.